The van der Waals surface area contributed by atoms with Crippen molar-refractivity contribution in [2.24, 2.45) is 16.8 Å². The lowest BCUT2D eigenvalue weighted by Crippen LogP contribution is -2.26. The second-order valence-electron chi connectivity index (χ2n) is 5.94. The number of nitrogens with two attached hydrogens (primary N) is 1. The zero-order valence-corrected chi connectivity index (χ0v) is 13.0. The molecule has 0 aliphatic carbocycles. The number of rotatable bonds is 12. The van der Waals surface area contributed by atoms with Gasteiger partial charge in [0.15, 0.2) is 0 Å². The molecule has 0 saturated carbocycles. The summed E-state index contributed by atoms with van der Waals surface area (Å²) in [6, 6.07) is 0. The largest absolute Gasteiger partial charge is 0.342 e. The summed E-state index contributed by atoms with van der Waals surface area (Å²) in [7, 11) is 0. The zero-order valence-electron chi connectivity index (χ0n) is 13.0. The Morgan fingerprint density at radius 3 is 2.38 bits per heavy atom. The maximum Gasteiger partial charge on any atom is 0.222 e. The van der Waals surface area contributed by atoms with E-state index in [1.807, 2.05) is 4.90 Å². The molecule has 120 valence electrons. The van der Waals surface area contributed by atoms with E-state index in [2.05, 4.69) is 10.0 Å². The molecule has 1 amide bonds. The van der Waals surface area contributed by atoms with E-state index >= 15 is 0 Å². The van der Waals surface area contributed by atoms with Crippen molar-refractivity contribution in [1.29, 1.82) is 0 Å². The molecule has 1 unspecified atom stereocenters. The van der Waals surface area contributed by atoms with Gasteiger partial charge in [-0.15, -0.1) is 0 Å². The Morgan fingerprint density at radius 2 is 1.76 bits per heavy atom. The lowest BCUT2D eigenvalue weighted by Gasteiger charge is -2.16. The second-order valence-corrected chi connectivity index (χ2v) is 5.94. The van der Waals surface area contributed by atoms with Crippen molar-refractivity contribution in [2.75, 3.05) is 26.2 Å². The van der Waals surface area contributed by atoms with E-state index in [1.54, 1.807) is 0 Å². The van der Waals surface area contributed by atoms with Gasteiger partial charge in [0.2, 0.25) is 5.91 Å². The van der Waals surface area contributed by atoms with Gasteiger partial charge in [0.25, 0.3) is 0 Å². The molecular weight excluding hydrogens is 266 g/mol. The predicted octanol–water partition coefficient (Wildman–Crippen LogP) is 3.22. The first kappa shape index (κ1) is 17.8. The van der Waals surface area contributed by atoms with Crippen LogP contribution in [-0.2, 0) is 4.79 Å². The van der Waals surface area contributed by atoms with Crippen molar-refractivity contribution in [3.63, 3.8) is 0 Å². The molecule has 1 aliphatic rings. The molecule has 1 aliphatic heterocycles. The van der Waals surface area contributed by atoms with Gasteiger partial charge in [-0.3, -0.25) is 4.79 Å². The van der Waals surface area contributed by atoms with Crippen LogP contribution in [0.2, 0.25) is 0 Å². The first-order chi connectivity index (χ1) is 10.3. The standard InChI is InChI=1S/C15H29N5O/c16-9-7-5-3-1-2-4-6-8-10-20-13-14(11-15(20)21)12-18-19-17/h14H,1-13,16H2. The minimum Gasteiger partial charge on any atom is -0.342 e. The van der Waals surface area contributed by atoms with Crippen LogP contribution in [-0.4, -0.2) is 37.0 Å². The molecule has 2 N–H and O–H groups in total. The highest BCUT2D eigenvalue weighted by molar-refractivity contribution is 5.78. The molecule has 21 heavy (non-hydrogen) atoms. The third-order valence-corrected chi connectivity index (χ3v) is 4.08. The van der Waals surface area contributed by atoms with E-state index in [9.17, 15) is 4.79 Å². The lowest BCUT2D eigenvalue weighted by atomic mass is 10.1. The number of hydrogen-bond acceptors (Lipinski definition) is 3. The fraction of sp³-hybridized carbons (Fsp3) is 0.933. The number of unbranched alkanes of at least 4 members (excludes halogenated alkanes) is 7. The third kappa shape index (κ3) is 7.93. The molecule has 0 bridgehead atoms. The molecular formula is C15H29N5O. The summed E-state index contributed by atoms with van der Waals surface area (Å²) in [5, 5.41) is 3.57. The number of amides is 1. The third-order valence-electron chi connectivity index (χ3n) is 4.08. The van der Waals surface area contributed by atoms with Gasteiger partial charge in [-0.25, -0.2) is 0 Å². The Labute approximate surface area is 127 Å². The summed E-state index contributed by atoms with van der Waals surface area (Å²) >= 11 is 0. The summed E-state index contributed by atoms with van der Waals surface area (Å²) in [6.07, 6.45) is 10.4. The van der Waals surface area contributed by atoms with Gasteiger partial charge in [0, 0.05) is 31.0 Å². The molecule has 1 heterocycles. The van der Waals surface area contributed by atoms with Crippen LogP contribution in [0.3, 0.4) is 0 Å². The van der Waals surface area contributed by atoms with E-state index in [1.165, 1.54) is 38.5 Å². The van der Waals surface area contributed by atoms with Crippen molar-refractivity contribution >= 4 is 5.91 Å². The molecule has 6 nitrogen and oxygen atoms in total. The number of azide groups is 1. The first-order valence-electron chi connectivity index (χ1n) is 8.26. The Balaban J connectivity index is 1.98. The molecule has 6 heteroatoms. The fourth-order valence-corrected chi connectivity index (χ4v) is 2.85. The molecule has 0 radical (unpaired) electrons. The van der Waals surface area contributed by atoms with Gasteiger partial charge in [-0.05, 0) is 30.8 Å². The van der Waals surface area contributed by atoms with E-state index in [-0.39, 0.29) is 11.8 Å². The smallest absolute Gasteiger partial charge is 0.222 e. The highest BCUT2D eigenvalue weighted by atomic mass is 16.2. The lowest BCUT2D eigenvalue weighted by molar-refractivity contribution is -0.127. The summed E-state index contributed by atoms with van der Waals surface area (Å²) in [5.41, 5.74) is 13.8. The van der Waals surface area contributed by atoms with Crippen LogP contribution in [0.25, 0.3) is 10.4 Å². The maximum absolute atomic E-state index is 11.8. The molecule has 1 saturated heterocycles. The Bertz CT molecular complexity index is 341. The van der Waals surface area contributed by atoms with Crippen LogP contribution in [0, 0.1) is 5.92 Å². The molecule has 1 atom stereocenters. The van der Waals surface area contributed by atoms with Crippen LogP contribution in [0.5, 0.6) is 0 Å². The highest BCUT2D eigenvalue weighted by Crippen LogP contribution is 2.19. The van der Waals surface area contributed by atoms with Gasteiger partial charge in [-0.2, -0.15) is 0 Å². The highest BCUT2D eigenvalue weighted by Gasteiger charge is 2.28. The van der Waals surface area contributed by atoms with Crippen molar-refractivity contribution in [3.8, 4) is 0 Å². The van der Waals surface area contributed by atoms with E-state index in [0.29, 0.717) is 13.0 Å². The Kier molecular flexibility index (Phi) is 9.66. The number of carbonyl (C=O) groups excluding carboxylic acids is 1. The molecule has 0 aromatic rings. The average molecular weight is 295 g/mol. The number of hydrogen-bond donors (Lipinski definition) is 1. The minimum atomic E-state index is 0.218. The Morgan fingerprint density at radius 1 is 1.14 bits per heavy atom. The number of likely N-dealkylation sites (tertiary alicyclic amines) is 1. The average Bonchev–Trinajstić information content (AvgIpc) is 2.83. The summed E-state index contributed by atoms with van der Waals surface area (Å²) in [4.78, 5) is 16.5. The number of carbonyl (C=O) groups is 1. The number of nitrogens with zero attached hydrogens (tertiary/aromatic N) is 4. The SMILES string of the molecule is [N-]=[N+]=NCC1CC(=O)N(CCCCCCCCCCN)C1. The molecule has 0 aromatic heterocycles. The summed E-state index contributed by atoms with van der Waals surface area (Å²) < 4.78 is 0. The van der Waals surface area contributed by atoms with E-state index in [0.717, 1.165) is 32.5 Å². The minimum absolute atomic E-state index is 0.218. The quantitative estimate of drug-likeness (QED) is 0.259. The summed E-state index contributed by atoms with van der Waals surface area (Å²) in [5.74, 6) is 0.436. The molecule has 1 rings (SSSR count). The summed E-state index contributed by atoms with van der Waals surface area (Å²) in [6.45, 7) is 2.88. The molecule has 0 spiro atoms. The van der Waals surface area contributed by atoms with Crippen molar-refractivity contribution in [1.82, 2.24) is 4.90 Å². The normalized spacial score (nSPS) is 18.0. The second kappa shape index (κ2) is 11.4. The van der Waals surface area contributed by atoms with Crippen molar-refractivity contribution in [2.45, 2.75) is 57.8 Å². The first-order valence-corrected chi connectivity index (χ1v) is 8.26. The topological polar surface area (TPSA) is 95.1 Å². The molecule has 1 fully saturated rings. The van der Waals surface area contributed by atoms with Gasteiger partial charge in [0.1, 0.15) is 0 Å². The molecule has 0 aromatic carbocycles. The van der Waals surface area contributed by atoms with Gasteiger partial charge in [-0.1, -0.05) is 43.6 Å². The maximum atomic E-state index is 11.8. The van der Waals surface area contributed by atoms with Crippen molar-refractivity contribution < 1.29 is 4.79 Å². The Hall–Kier alpha value is -1.26. The van der Waals surface area contributed by atoms with Crippen LogP contribution in [0.1, 0.15) is 57.8 Å². The van der Waals surface area contributed by atoms with Gasteiger partial charge >= 0.3 is 0 Å². The van der Waals surface area contributed by atoms with E-state index in [4.69, 9.17) is 11.3 Å². The fourth-order valence-electron chi connectivity index (χ4n) is 2.85. The monoisotopic (exact) mass is 295 g/mol. The van der Waals surface area contributed by atoms with Crippen LogP contribution in [0.15, 0.2) is 5.11 Å². The zero-order chi connectivity index (χ0) is 15.3. The van der Waals surface area contributed by atoms with Crippen LogP contribution in [0.4, 0.5) is 0 Å². The van der Waals surface area contributed by atoms with E-state index < -0.39 is 0 Å². The predicted molar refractivity (Wildman–Crippen MR) is 84.7 cm³/mol. The van der Waals surface area contributed by atoms with Crippen molar-refractivity contribution in [3.05, 3.63) is 10.4 Å². The van der Waals surface area contributed by atoms with Crippen LogP contribution >= 0.6 is 0 Å². The van der Waals surface area contributed by atoms with Crippen LogP contribution < -0.4 is 5.73 Å². The van der Waals surface area contributed by atoms with Gasteiger partial charge < -0.3 is 10.6 Å². The van der Waals surface area contributed by atoms with Gasteiger partial charge in [0.05, 0.1) is 0 Å².